The highest BCUT2D eigenvalue weighted by Gasteiger charge is 2.21. The highest BCUT2D eigenvalue weighted by molar-refractivity contribution is 5.30. The van der Waals surface area contributed by atoms with E-state index in [1.807, 2.05) is 38.1 Å². The molecule has 0 saturated carbocycles. The molecule has 1 atom stereocenters. The lowest BCUT2D eigenvalue weighted by molar-refractivity contribution is 0.0503. The number of ether oxygens (including phenoxy) is 1. The summed E-state index contributed by atoms with van der Waals surface area (Å²) in [5.74, 6) is 0.822. The lowest BCUT2D eigenvalue weighted by atomic mass is 9.93. The molecule has 3 nitrogen and oxygen atoms in total. The van der Waals surface area contributed by atoms with Crippen LogP contribution in [0.1, 0.15) is 32.8 Å². The Kier molecular flexibility index (Phi) is 4.33. The van der Waals surface area contributed by atoms with E-state index in [-0.39, 0.29) is 6.10 Å². The molecular formula is C13H21NO2. The first-order chi connectivity index (χ1) is 7.45. The molecule has 0 fully saturated rings. The Hall–Kier alpha value is -1.06. The molecule has 0 amide bonds. The normalized spacial score (nSPS) is 14.9. The minimum absolute atomic E-state index is 0.162. The van der Waals surface area contributed by atoms with Crippen LogP contribution in [-0.2, 0) is 5.60 Å². The lowest BCUT2D eigenvalue weighted by Gasteiger charge is -2.23. The highest BCUT2D eigenvalue weighted by Crippen LogP contribution is 2.25. The van der Waals surface area contributed by atoms with Gasteiger partial charge in [0.2, 0.25) is 0 Å². The molecule has 1 aromatic rings. The van der Waals surface area contributed by atoms with Gasteiger partial charge in [0.1, 0.15) is 5.75 Å². The molecule has 0 aliphatic carbocycles. The van der Waals surface area contributed by atoms with E-state index in [0.29, 0.717) is 13.0 Å². The van der Waals surface area contributed by atoms with Gasteiger partial charge in [-0.1, -0.05) is 12.1 Å². The number of nitrogens with two attached hydrogens (primary N) is 1. The highest BCUT2D eigenvalue weighted by atomic mass is 16.5. The van der Waals surface area contributed by atoms with Gasteiger partial charge in [0, 0.05) is 0 Å². The first kappa shape index (κ1) is 13.0. The Labute approximate surface area is 97.2 Å². The summed E-state index contributed by atoms with van der Waals surface area (Å²) in [7, 11) is 0. The maximum Gasteiger partial charge on any atom is 0.119 e. The van der Waals surface area contributed by atoms with Crippen LogP contribution >= 0.6 is 0 Å². The van der Waals surface area contributed by atoms with E-state index in [2.05, 4.69) is 0 Å². The van der Waals surface area contributed by atoms with Crippen LogP contribution in [0.5, 0.6) is 5.75 Å². The molecule has 16 heavy (non-hydrogen) atoms. The van der Waals surface area contributed by atoms with Gasteiger partial charge in [-0.05, 0) is 51.4 Å². The first-order valence-electron chi connectivity index (χ1n) is 5.65. The third-order valence-electron chi connectivity index (χ3n) is 2.48. The summed E-state index contributed by atoms with van der Waals surface area (Å²) in [5, 5.41) is 10.1. The summed E-state index contributed by atoms with van der Waals surface area (Å²) in [4.78, 5) is 0. The molecule has 90 valence electrons. The smallest absolute Gasteiger partial charge is 0.119 e. The summed E-state index contributed by atoms with van der Waals surface area (Å²) in [6, 6.07) is 7.52. The molecule has 3 N–H and O–H groups in total. The summed E-state index contributed by atoms with van der Waals surface area (Å²) >= 11 is 0. The van der Waals surface area contributed by atoms with Gasteiger partial charge in [0.15, 0.2) is 0 Å². The fraction of sp³-hybridized carbons (Fsp3) is 0.538. The lowest BCUT2D eigenvalue weighted by Crippen LogP contribution is -2.24. The third-order valence-corrected chi connectivity index (χ3v) is 2.48. The average molecular weight is 223 g/mol. The quantitative estimate of drug-likeness (QED) is 0.803. The van der Waals surface area contributed by atoms with Crippen LogP contribution < -0.4 is 10.5 Å². The van der Waals surface area contributed by atoms with Gasteiger partial charge >= 0.3 is 0 Å². The van der Waals surface area contributed by atoms with E-state index in [9.17, 15) is 5.11 Å². The number of benzene rings is 1. The van der Waals surface area contributed by atoms with E-state index in [4.69, 9.17) is 10.5 Å². The van der Waals surface area contributed by atoms with Crippen molar-refractivity contribution in [3.63, 3.8) is 0 Å². The van der Waals surface area contributed by atoms with E-state index in [1.54, 1.807) is 6.92 Å². The zero-order valence-electron chi connectivity index (χ0n) is 10.2. The van der Waals surface area contributed by atoms with E-state index >= 15 is 0 Å². The predicted molar refractivity (Wildman–Crippen MR) is 65.4 cm³/mol. The molecule has 1 aromatic carbocycles. The largest absolute Gasteiger partial charge is 0.491 e. The Morgan fingerprint density at radius 3 is 2.31 bits per heavy atom. The third kappa shape index (κ3) is 3.51. The molecule has 1 rings (SSSR count). The van der Waals surface area contributed by atoms with Crippen molar-refractivity contribution in [3.8, 4) is 5.75 Å². The monoisotopic (exact) mass is 223 g/mol. The number of rotatable bonds is 5. The van der Waals surface area contributed by atoms with E-state index < -0.39 is 5.60 Å². The molecule has 0 bridgehead atoms. The van der Waals surface area contributed by atoms with Crippen LogP contribution in [0.3, 0.4) is 0 Å². The second kappa shape index (κ2) is 5.32. The molecule has 0 saturated heterocycles. The molecule has 0 aliphatic rings. The molecule has 0 radical (unpaired) electrons. The first-order valence-corrected chi connectivity index (χ1v) is 5.65. The molecule has 3 heteroatoms. The summed E-state index contributed by atoms with van der Waals surface area (Å²) in [6.45, 7) is 6.21. The molecule has 0 aliphatic heterocycles. The van der Waals surface area contributed by atoms with Crippen LogP contribution in [0.15, 0.2) is 24.3 Å². The van der Waals surface area contributed by atoms with Crippen molar-refractivity contribution in [2.24, 2.45) is 5.73 Å². The summed E-state index contributed by atoms with van der Waals surface area (Å²) in [6.07, 6.45) is 0.715. The fourth-order valence-corrected chi connectivity index (χ4v) is 1.59. The SMILES string of the molecule is CC(C)Oc1ccc(C(C)(O)CCN)cc1. The maximum absolute atomic E-state index is 10.1. The standard InChI is InChI=1S/C13H21NO2/c1-10(2)16-12-6-4-11(5-7-12)13(3,15)8-9-14/h4-7,10,15H,8-9,14H2,1-3H3. The van der Waals surface area contributed by atoms with Crippen molar-refractivity contribution in [2.75, 3.05) is 6.54 Å². The maximum atomic E-state index is 10.1. The van der Waals surface area contributed by atoms with Gasteiger partial charge < -0.3 is 15.6 Å². The van der Waals surface area contributed by atoms with Crippen LogP contribution in [-0.4, -0.2) is 17.8 Å². The van der Waals surface area contributed by atoms with Crippen molar-refractivity contribution in [3.05, 3.63) is 29.8 Å². The fourth-order valence-electron chi connectivity index (χ4n) is 1.59. The molecule has 1 unspecified atom stereocenters. The van der Waals surface area contributed by atoms with Gasteiger partial charge in [-0.25, -0.2) is 0 Å². The van der Waals surface area contributed by atoms with Crippen molar-refractivity contribution < 1.29 is 9.84 Å². The zero-order chi connectivity index (χ0) is 12.2. The molecular weight excluding hydrogens is 202 g/mol. The Bertz CT molecular complexity index is 317. The second-order valence-corrected chi connectivity index (χ2v) is 4.50. The van der Waals surface area contributed by atoms with Gasteiger partial charge in [0.25, 0.3) is 0 Å². The Morgan fingerprint density at radius 1 is 1.31 bits per heavy atom. The van der Waals surface area contributed by atoms with Crippen LogP contribution in [0.4, 0.5) is 0 Å². The molecule has 0 heterocycles. The van der Waals surface area contributed by atoms with Crippen LogP contribution in [0, 0.1) is 0 Å². The minimum Gasteiger partial charge on any atom is -0.491 e. The summed E-state index contributed by atoms with van der Waals surface area (Å²) < 4.78 is 5.54. The number of aliphatic hydroxyl groups is 1. The minimum atomic E-state index is -0.856. The number of hydrogen-bond acceptors (Lipinski definition) is 3. The van der Waals surface area contributed by atoms with Crippen molar-refractivity contribution in [1.29, 1.82) is 0 Å². The van der Waals surface area contributed by atoms with Gasteiger partial charge in [-0.3, -0.25) is 0 Å². The predicted octanol–water partition coefficient (Wildman–Crippen LogP) is 2.03. The van der Waals surface area contributed by atoms with Crippen molar-refractivity contribution in [2.45, 2.75) is 38.9 Å². The summed E-state index contributed by atoms with van der Waals surface area (Å²) in [5.41, 5.74) is 5.48. The van der Waals surface area contributed by atoms with E-state index in [0.717, 1.165) is 11.3 Å². The van der Waals surface area contributed by atoms with E-state index in [1.165, 1.54) is 0 Å². The second-order valence-electron chi connectivity index (χ2n) is 4.50. The van der Waals surface area contributed by atoms with Gasteiger partial charge in [-0.2, -0.15) is 0 Å². The van der Waals surface area contributed by atoms with Crippen molar-refractivity contribution >= 4 is 0 Å². The zero-order valence-corrected chi connectivity index (χ0v) is 10.2. The number of hydrogen-bond donors (Lipinski definition) is 2. The van der Waals surface area contributed by atoms with Gasteiger partial charge in [-0.15, -0.1) is 0 Å². The van der Waals surface area contributed by atoms with Crippen LogP contribution in [0.25, 0.3) is 0 Å². The molecule has 0 aromatic heterocycles. The molecule has 0 spiro atoms. The van der Waals surface area contributed by atoms with Gasteiger partial charge in [0.05, 0.1) is 11.7 Å². The Balaban J connectivity index is 2.78. The Morgan fingerprint density at radius 2 is 1.88 bits per heavy atom. The topological polar surface area (TPSA) is 55.5 Å². The average Bonchev–Trinajstić information content (AvgIpc) is 2.17. The van der Waals surface area contributed by atoms with Crippen LogP contribution in [0.2, 0.25) is 0 Å². The van der Waals surface area contributed by atoms with Crippen molar-refractivity contribution in [1.82, 2.24) is 0 Å².